The zero-order valence-electron chi connectivity index (χ0n) is 11.5. The minimum absolute atomic E-state index is 0.00202. The fourth-order valence-corrected chi connectivity index (χ4v) is 2.46. The van der Waals surface area contributed by atoms with Gasteiger partial charge in [-0.05, 0) is 35.5 Å². The van der Waals surface area contributed by atoms with Gasteiger partial charge in [0.2, 0.25) is 5.16 Å². The number of thioether (sulfide) groups is 1. The van der Waals surface area contributed by atoms with Crippen LogP contribution in [0.3, 0.4) is 0 Å². The minimum Gasteiger partial charge on any atom is -0.308 e. The number of aromatic nitrogens is 4. The van der Waals surface area contributed by atoms with Gasteiger partial charge in [-0.15, -0.1) is 5.10 Å². The Labute approximate surface area is 129 Å². The van der Waals surface area contributed by atoms with Gasteiger partial charge in [0.25, 0.3) is 0 Å². The summed E-state index contributed by atoms with van der Waals surface area (Å²) in [6, 6.07) is 7.51. The quantitative estimate of drug-likeness (QED) is 0.640. The molecular weight excluding hydrogens is 307 g/mol. The number of hydrogen-bond acceptors (Lipinski definition) is 7. The average Bonchev–Trinajstić information content (AvgIpc) is 2.94. The van der Waals surface area contributed by atoms with Crippen molar-refractivity contribution in [3.63, 3.8) is 0 Å². The second-order valence-electron chi connectivity index (χ2n) is 4.35. The van der Waals surface area contributed by atoms with Crippen LogP contribution >= 0.6 is 11.8 Å². The third-order valence-electron chi connectivity index (χ3n) is 2.72. The third kappa shape index (κ3) is 3.53. The normalized spacial score (nSPS) is 11.7. The van der Waals surface area contributed by atoms with Gasteiger partial charge in [-0.25, -0.2) is 4.39 Å². The molecule has 0 radical (unpaired) electrons. The Morgan fingerprint density at radius 1 is 1.59 bits per heavy atom. The molecule has 7 nitrogen and oxygen atoms in total. The van der Waals surface area contributed by atoms with Crippen molar-refractivity contribution in [3.8, 4) is 11.8 Å². The Morgan fingerprint density at radius 3 is 3.00 bits per heavy atom. The molecule has 0 saturated heterocycles. The van der Waals surface area contributed by atoms with Gasteiger partial charge in [-0.1, -0.05) is 17.8 Å². The van der Waals surface area contributed by atoms with Gasteiger partial charge in [0.05, 0.1) is 17.5 Å². The van der Waals surface area contributed by atoms with E-state index in [1.54, 1.807) is 12.1 Å². The highest BCUT2D eigenvalue weighted by Gasteiger charge is 2.21. The van der Waals surface area contributed by atoms with Gasteiger partial charge >= 0.3 is 0 Å². The maximum atomic E-state index is 13.2. The number of carbonyl (C=O) groups is 1. The molecule has 22 heavy (non-hydrogen) atoms. The van der Waals surface area contributed by atoms with Crippen LogP contribution in [0.4, 0.5) is 4.39 Å². The van der Waals surface area contributed by atoms with Crippen LogP contribution in [0.15, 0.2) is 29.4 Å². The maximum absolute atomic E-state index is 13.2. The molecule has 9 heteroatoms. The van der Waals surface area contributed by atoms with E-state index in [2.05, 4.69) is 15.5 Å². The lowest BCUT2D eigenvalue weighted by Gasteiger charge is -2.06. The summed E-state index contributed by atoms with van der Waals surface area (Å²) in [6.07, 6.45) is 0. The second kappa shape index (κ2) is 6.91. The van der Waals surface area contributed by atoms with E-state index in [9.17, 15) is 9.18 Å². The van der Waals surface area contributed by atoms with E-state index in [1.165, 1.54) is 29.8 Å². The Kier molecular flexibility index (Phi) is 4.95. The summed E-state index contributed by atoms with van der Waals surface area (Å²) in [5.74, 6) is -1.94. The Morgan fingerprint density at radius 2 is 2.36 bits per heavy atom. The fraction of sp³-hybridized carbons (Fsp3) is 0.231. The SMILES string of the molecule is CC(=N)C(C#N)C(=O)CSc1nnnn1-c1cccc(F)c1. The third-order valence-corrected chi connectivity index (χ3v) is 3.66. The number of halogens is 1. The molecule has 1 heterocycles. The van der Waals surface area contributed by atoms with Crippen molar-refractivity contribution in [2.75, 3.05) is 5.75 Å². The van der Waals surface area contributed by atoms with Gasteiger partial charge in [-0.3, -0.25) is 4.79 Å². The lowest BCUT2D eigenvalue weighted by atomic mass is 10.0. The van der Waals surface area contributed by atoms with Gasteiger partial charge in [0.1, 0.15) is 11.7 Å². The molecule has 1 aromatic carbocycles. The molecule has 0 saturated carbocycles. The van der Waals surface area contributed by atoms with Crippen LogP contribution in [0.2, 0.25) is 0 Å². The smallest absolute Gasteiger partial charge is 0.214 e. The van der Waals surface area contributed by atoms with E-state index in [0.717, 1.165) is 11.8 Å². The first-order valence-corrected chi connectivity index (χ1v) is 7.16. The summed E-state index contributed by atoms with van der Waals surface area (Å²) in [5.41, 5.74) is 0.429. The molecule has 2 aromatic rings. The van der Waals surface area contributed by atoms with E-state index in [4.69, 9.17) is 10.7 Å². The molecule has 0 amide bonds. The Hall–Kier alpha value is -2.60. The molecule has 0 bridgehead atoms. The molecular formula is C13H11FN6OS. The van der Waals surface area contributed by atoms with Crippen LogP contribution in [0.25, 0.3) is 5.69 Å². The molecule has 1 N–H and O–H groups in total. The van der Waals surface area contributed by atoms with Crippen molar-refractivity contribution in [2.45, 2.75) is 12.1 Å². The van der Waals surface area contributed by atoms with Gasteiger partial charge < -0.3 is 5.41 Å². The number of nitrogens with one attached hydrogen (secondary N) is 1. The summed E-state index contributed by atoms with van der Waals surface area (Å²) in [6.45, 7) is 1.41. The minimum atomic E-state index is -1.06. The second-order valence-corrected chi connectivity index (χ2v) is 5.30. The van der Waals surface area contributed by atoms with E-state index in [-0.39, 0.29) is 11.5 Å². The van der Waals surface area contributed by atoms with Gasteiger partial charge in [-0.2, -0.15) is 9.94 Å². The van der Waals surface area contributed by atoms with E-state index in [0.29, 0.717) is 10.8 Å². The number of carbonyl (C=O) groups excluding carboxylic acids is 1. The number of ketones is 1. The van der Waals surface area contributed by atoms with Gasteiger partial charge in [0, 0.05) is 5.71 Å². The highest BCUT2D eigenvalue weighted by molar-refractivity contribution is 7.99. The lowest BCUT2D eigenvalue weighted by Crippen LogP contribution is -2.21. The molecule has 0 aliphatic rings. The highest BCUT2D eigenvalue weighted by atomic mass is 32.2. The molecule has 0 aliphatic carbocycles. The van der Waals surface area contributed by atoms with Crippen LogP contribution in [0, 0.1) is 28.5 Å². The number of tetrazole rings is 1. The summed E-state index contributed by atoms with van der Waals surface area (Å²) in [5, 5.41) is 27.6. The summed E-state index contributed by atoms with van der Waals surface area (Å²) in [4.78, 5) is 11.9. The largest absolute Gasteiger partial charge is 0.308 e. The summed E-state index contributed by atoms with van der Waals surface area (Å²) >= 11 is 1.03. The van der Waals surface area contributed by atoms with E-state index in [1.807, 2.05) is 0 Å². The van der Waals surface area contributed by atoms with Crippen LogP contribution < -0.4 is 0 Å². The van der Waals surface area contributed by atoms with Crippen LogP contribution in [0.5, 0.6) is 0 Å². The van der Waals surface area contributed by atoms with Crippen molar-refractivity contribution >= 4 is 23.3 Å². The monoisotopic (exact) mass is 318 g/mol. The number of Topliss-reactive ketones (excluding diaryl/α,β-unsaturated/α-hetero) is 1. The van der Waals surface area contributed by atoms with Crippen molar-refractivity contribution in [2.24, 2.45) is 5.92 Å². The molecule has 1 aromatic heterocycles. The number of hydrogen-bond donors (Lipinski definition) is 1. The number of nitrogens with zero attached hydrogens (tertiary/aromatic N) is 5. The highest BCUT2D eigenvalue weighted by Crippen LogP contribution is 2.19. The first-order valence-electron chi connectivity index (χ1n) is 6.17. The van der Waals surface area contributed by atoms with E-state index < -0.39 is 17.5 Å². The van der Waals surface area contributed by atoms with Gasteiger partial charge in [0.15, 0.2) is 5.78 Å². The zero-order valence-corrected chi connectivity index (χ0v) is 12.3. The van der Waals surface area contributed by atoms with Crippen LogP contribution in [-0.2, 0) is 4.79 Å². The molecule has 0 fully saturated rings. The van der Waals surface area contributed by atoms with Crippen LogP contribution in [0.1, 0.15) is 6.92 Å². The predicted octanol–water partition coefficient (Wildman–Crippen LogP) is 1.64. The first kappa shape index (κ1) is 15.8. The van der Waals surface area contributed by atoms with Crippen molar-refractivity contribution in [1.82, 2.24) is 20.2 Å². The number of rotatable bonds is 6. The van der Waals surface area contributed by atoms with Crippen molar-refractivity contribution in [1.29, 1.82) is 10.7 Å². The zero-order chi connectivity index (χ0) is 16.1. The van der Waals surface area contributed by atoms with Crippen LogP contribution in [-0.4, -0.2) is 37.5 Å². The predicted molar refractivity (Wildman–Crippen MR) is 77.3 cm³/mol. The lowest BCUT2D eigenvalue weighted by molar-refractivity contribution is -0.117. The number of benzene rings is 1. The fourth-order valence-electron chi connectivity index (χ4n) is 1.67. The van der Waals surface area contributed by atoms with E-state index >= 15 is 0 Å². The topological polar surface area (TPSA) is 108 Å². The molecule has 1 unspecified atom stereocenters. The average molecular weight is 318 g/mol. The van der Waals surface area contributed by atoms with Crippen molar-refractivity contribution < 1.29 is 9.18 Å². The summed E-state index contributed by atoms with van der Waals surface area (Å²) in [7, 11) is 0. The standard InChI is InChI=1S/C13H11FN6OS/c1-8(16)11(6-15)12(21)7-22-13-17-18-19-20(13)10-4-2-3-9(14)5-10/h2-5,11,16H,7H2,1H3. The number of nitriles is 1. The molecule has 0 spiro atoms. The molecule has 0 aliphatic heterocycles. The Bertz CT molecular complexity index is 753. The van der Waals surface area contributed by atoms with Crippen molar-refractivity contribution in [3.05, 3.63) is 30.1 Å². The summed E-state index contributed by atoms with van der Waals surface area (Å²) < 4.78 is 14.5. The molecule has 1 atom stereocenters. The maximum Gasteiger partial charge on any atom is 0.214 e. The molecule has 112 valence electrons. The Balaban J connectivity index is 2.13. The first-order chi connectivity index (χ1) is 10.5. The molecule has 2 rings (SSSR count).